The van der Waals surface area contributed by atoms with Crippen molar-refractivity contribution in [1.82, 2.24) is 34.7 Å². The second kappa shape index (κ2) is 7.82. The lowest BCUT2D eigenvalue weighted by atomic mass is 10.1. The molecule has 0 bridgehead atoms. The zero-order valence-corrected chi connectivity index (χ0v) is 18.2. The second-order valence-corrected chi connectivity index (χ2v) is 7.99. The highest BCUT2D eigenvalue weighted by atomic mass is 35.5. The van der Waals surface area contributed by atoms with Crippen LogP contribution in [0.5, 0.6) is 0 Å². The van der Waals surface area contributed by atoms with Crippen LogP contribution in [0.4, 0.5) is 5.95 Å². The first-order valence-electron chi connectivity index (χ1n) is 9.98. The van der Waals surface area contributed by atoms with Gasteiger partial charge in [0.2, 0.25) is 5.95 Å². The van der Waals surface area contributed by atoms with E-state index in [4.69, 9.17) is 31.3 Å². The van der Waals surface area contributed by atoms with Crippen molar-refractivity contribution < 1.29 is 4.74 Å². The fraction of sp³-hybridized carbons (Fsp3) is 0.333. The minimum absolute atomic E-state index is 0.107. The Bertz CT molecular complexity index is 1260. The number of hydrogen-bond donors (Lipinski definition) is 0. The normalized spacial score (nSPS) is 16.8. The van der Waals surface area contributed by atoms with Gasteiger partial charge in [-0.2, -0.15) is 10.1 Å². The van der Waals surface area contributed by atoms with Gasteiger partial charge in [0.25, 0.3) is 0 Å². The first kappa shape index (κ1) is 19.8. The van der Waals surface area contributed by atoms with Crippen molar-refractivity contribution in [3.05, 3.63) is 52.7 Å². The van der Waals surface area contributed by atoms with E-state index in [1.807, 2.05) is 39.4 Å². The van der Waals surface area contributed by atoms with Gasteiger partial charge in [-0.3, -0.25) is 9.67 Å². The number of rotatable bonds is 3. The molecule has 0 amide bonds. The molecule has 0 aromatic carbocycles. The fourth-order valence-electron chi connectivity index (χ4n) is 3.58. The molecule has 0 radical (unpaired) electrons. The molecule has 1 fully saturated rings. The molecule has 1 aliphatic heterocycles. The summed E-state index contributed by atoms with van der Waals surface area (Å²) in [7, 11) is 1.89. The summed E-state index contributed by atoms with van der Waals surface area (Å²) >= 11 is 6.04. The third-order valence-electron chi connectivity index (χ3n) is 5.35. The van der Waals surface area contributed by atoms with E-state index in [1.54, 1.807) is 16.9 Å². The van der Waals surface area contributed by atoms with Crippen LogP contribution in [0.3, 0.4) is 0 Å². The van der Waals surface area contributed by atoms with Gasteiger partial charge in [-0.25, -0.2) is 15.0 Å². The van der Waals surface area contributed by atoms with Crippen LogP contribution in [0.2, 0.25) is 5.02 Å². The van der Waals surface area contributed by atoms with Crippen molar-refractivity contribution in [2.45, 2.75) is 20.0 Å². The van der Waals surface area contributed by atoms with Gasteiger partial charge in [0.15, 0.2) is 5.65 Å². The van der Waals surface area contributed by atoms with Gasteiger partial charge in [-0.1, -0.05) is 11.6 Å². The zero-order valence-electron chi connectivity index (χ0n) is 17.4. The smallest absolute Gasteiger partial charge is 0.228 e. The van der Waals surface area contributed by atoms with E-state index >= 15 is 0 Å². The predicted octanol–water partition coefficient (Wildman–Crippen LogP) is 3.06. The zero-order chi connectivity index (χ0) is 21.5. The van der Waals surface area contributed by atoms with Gasteiger partial charge >= 0.3 is 0 Å². The molecule has 5 heterocycles. The summed E-state index contributed by atoms with van der Waals surface area (Å²) in [5, 5.41) is 4.82. The molecule has 1 saturated heterocycles. The summed E-state index contributed by atoms with van der Waals surface area (Å²) in [5.41, 5.74) is 5.18. The Morgan fingerprint density at radius 1 is 1.06 bits per heavy atom. The molecule has 9 nitrogen and oxygen atoms in total. The van der Waals surface area contributed by atoms with Crippen LogP contribution >= 0.6 is 11.6 Å². The number of morpholine rings is 1. The van der Waals surface area contributed by atoms with Gasteiger partial charge in [-0.05, 0) is 26.0 Å². The van der Waals surface area contributed by atoms with Crippen LogP contribution in [-0.4, -0.2) is 54.4 Å². The van der Waals surface area contributed by atoms with E-state index in [0.717, 1.165) is 17.0 Å². The maximum atomic E-state index is 6.04. The van der Waals surface area contributed by atoms with E-state index in [1.165, 1.54) is 0 Å². The van der Waals surface area contributed by atoms with Crippen LogP contribution in [0.15, 0.2) is 30.7 Å². The minimum atomic E-state index is -0.107. The molecule has 0 aliphatic carbocycles. The third kappa shape index (κ3) is 3.82. The molecule has 1 aliphatic rings. The summed E-state index contributed by atoms with van der Waals surface area (Å²) in [4.78, 5) is 25.6. The van der Waals surface area contributed by atoms with E-state index in [9.17, 15) is 0 Å². The summed E-state index contributed by atoms with van der Waals surface area (Å²) < 4.78 is 7.75. The third-order valence-corrected chi connectivity index (χ3v) is 5.57. The molecule has 158 valence electrons. The monoisotopic (exact) mass is 436 g/mol. The highest BCUT2D eigenvalue weighted by molar-refractivity contribution is 6.30. The maximum absolute atomic E-state index is 6.04. The van der Waals surface area contributed by atoms with E-state index in [-0.39, 0.29) is 6.10 Å². The van der Waals surface area contributed by atoms with Crippen LogP contribution in [-0.2, 0) is 11.8 Å². The SMILES string of the molecule is Cc1nc2nc(N3CCO[C@@H](c4cnn(C)c4)C3)nc(-c3ccc(Cl)cn3)c2nc1C. The first-order chi connectivity index (χ1) is 15.0. The molecule has 31 heavy (non-hydrogen) atoms. The first-order valence-corrected chi connectivity index (χ1v) is 10.4. The number of nitrogens with zero attached hydrogens (tertiary/aromatic N) is 8. The largest absolute Gasteiger partial charge is 0.370 e. The van der Waals surface area contributed by atoms with Crippen molar-refractivity contribution in [1.29, 1.82) is 0 Å². The van der Waals surface area contributed by atoms with Crippen LogP contribution in [0, 0.1) is 13.8 Å². The quantitative estimate of drug-likeness (QED) is 0.483. The lowest BCUT2D eigenvalue weighted by molar-refractivity contribution is 0.0392. The van der Waals surface area contributed by atoms with Crippen molar-refractivity contribution in [2.24, 2.45) is 7.05 Å². The number of ether oxygens (including phenoxy) is 1. The van der Waals surface area contributed by atoms with Gasteiger partial charge in [0.1, 0.15) is 17.3 Å². The number of pyridine rings is 1. The summed E-state index contributed by atoms with van der Waals surface area (Å²) in [6, 6.07) is 3.63. The molecule has 0 unspecified atom stereocenters. The highest BCUT2D eigenvalue weighted by Gasteiger charge is 2.26. The molecule has 0 N–H and O–H groups in total. The summed E-state index contributed by atoms with van der Waals surface area (Å²) in [5.74, 6) is 0.578. The minimum Gasteiger partial charge on any atom is -0.370 e. The van der Waals surface area contributed by atoms with Crippen LogP contribution < -0.4 is 4.90 Å². The number of fused-ring (bicyclic) bond motifs is 1. The second-order valence-electron chi connectivity index (χ2n) is 7.55. The van der Waals surface area contributed by atoms with Crippen molar-refractivity contribution in [3.63, 3.8) is 0 Å². The molecule has 10 heteroatoms. The molecule has 5 rings (SSSR count). The number of halogens is 1. The number of anilines is 1. The van der Waals surface area contributed by atoms with E-state index < -0.39 is 0 Å². The standard InChI is InChI=1S/C21H21ClN8O/c1-12-13(2)26-20-19(25-12)18(16-5-4-15(22)9-23-16)27-21(28-20)30-6-7-31-17(11-30)14-8-24-29(3)10-14/h4-5,8-10,17H,6-7,11H2,1-3H3/t17-/m1/s1. The Labute approximate surface area is 184 Å². The van der Waals surface area contributed by atoms with Gasteiger partial charge in [0.05, 0.1) is 41.5 Å². The number of hydrogen-bond acceptors (Lipinski definition) is 8. The van der Waals surface area contributed by atoms with Crippen molar-refractivity contribution in [2.75, 3.05) is 24.6 Å². The van der Waals surface area contributed by atoms with Gasteiger partial charge < -0.3 is 9.64 Å². The van der Waals surface area contributed by atoms with Crippen LogP contribution in [0.1, 0.15) is 23.1 Å². The molecule has 0 spiro atoms. The fourth-order valence-corrected chi connectivity index (χ4v) is 3.69. The maximum Gasteiger partial charge on any atom is 0.228 e. The van der Waals surface area contributed by atoms with Crippen LogP contribution in [0.25, 0.3) is 22.6 Å². The summed E-state index contributed by atoms with van der Waals surface area (Å²) in [6.07, 6.45) is 5.29. The summed E-state index contributed by atoms with van der Waals surface area (Å²) in [6.45, 7) is 5.71. The lowest BCUT2D eigenvalue weighted by Gasteiger charge is -2.32. The molecule has 0 saturated carbocycles. The molecular formula is C21H21ClN8O. The Morgan fingerprint density at radius 3 is 2.65 bits per heavy atom. The number of aromatic nitrogens is 7. The average molecular weight is 437 g/mol. The molecule has 4 aromatic heterocycles. The molecular weight excluding hydrogens is 416 g/mol. The number of aryl methyl sites for hydroxylation is 3. The van der Waals surface area contributed by atoms with Gasteiger partial charge in [-0.15, -0.1) is 0 Å². The lowest BCUT2D eigenvalue weighted by Crippen LogP contribution is -2.39. The topological polar surface area (TPSA) is 94.7 Å². The highest BCUT2D eigenvalue weighted by Crippen LogP contribution is 2.29. The van der Waals surface area contributed by atoms with E-state index in [0.29, 0.717) is 53.2 Å². The Morgan fingerprint density at radius 2 is 1.90 bits per heavy atom. The predicted molar refractivity (Wildman–Crippen MR) is 117 cm³/mol. The average Bonchev–Trinajstić information content (AvgIpc) is 3.21. The molecule has 4 aromatic rings. The Hall–Kier alpha value is -3.17. The Balaban J connectivity index is 1.60. The van der Waals surface area contributed by atoms with E-state index in [2.05, 4.69) is 20.0 Å². The molecule has 1 atom stereocenters. The van der Waals surface area contributed by atoms with Crippen molar-refractivity contribution in [3.8, 4) is 11.4 Å². The van der Waals surface area contributed by atoms with Gasteiger partial charge in [0, 0.05) is 31.5 Å². The van der Waals surface area contributed by atoms with Crippen molar-refractivity contribution >= 4 is 28.7 Å². The Kier molecular flexibility index (Phi) is 4.99.